The number of nitrogens with one attached hydrogen (secondary N) is 1. The first-order valence-electron chi connectivity index (χ1n) is 8.90. The van der Waals surface area contributed by atoms with Crippen molar-refractivity contribution in [2.24, 2.45) is 5.92 Å². The molecule has 24 heavy (non-hydrogen) atoms. The number of aliphatic hydroxyl groups excluding tert-OH is 1. The van der Waals surface area contributed by atoms with Gasteiger partial charge >= 0.3 is 0 Å². The summed E-state index contributed by atoms with van der Waals surface area (Å²) in [7, 11) is 0. The van der Waals surface area contributed by atoms with Crippen LogP contribution in [0, 0.1) is 11.7 Å². The third kappa shape index (κ3) is 3.78. The molecule has 2 atom stereocenters. The molecule has 0 spiro atoms. The van der Waals surface area contributed by atoms with Crippen LogP contribution in [0.1, 0.15) is 44.1 Å². The molecular weight excluding hydrogens is 309 g/mol. The fourth-order valence-electron chi connectivity index (χ4n) is 3.99. The summed E-state index contributed by atoms with van der Waals surface area (Å²) in [4.78, 5) is 13.0. The lowest BCUT2D eigenvalue weighted by atomic mass is 9.73. The Morgan fingerprint density at radius 1 is 1.25 bits per heavy atom. The van der Waals surface area contributed by atoms with Gasteiger partial charge in [0.2, 0.25) is 5.91 Å². The third-order valence-corrected chi connectivity index (χ3v) is 5.48. The largest absolute Gasteiger partial charge is 0.393 e. The molecule has 2 unspecified atom stereocenters. The molecule has 1 aliphatic carbocycles. The third-order valence-electron chi connectivity index (χ3n) is 5.48. The molecule has 0 bridgehead atoms. The van der Waals surface area contributed by atoms with Gasteiger partial charge in [0.15, 0.2) is 0 Å². The maximum absolute atomic E-state index is 13.3. The first-order valence-corrected chi connectivity index (χ1v) is 8.90. The number of hydrogen-bond donors (Lipinski definition) is 2. The van der Waals surface area contributed by atoms with Crippen LogP contribution in [0.15, 0.2) is 24.3 Å². The van der Waals surface area contributed by atoms with Crippen LogP contribution in [-0.4, -0.2) is 36.9 Å². The summed E-state index contributed by atoms with van der Waals surface area (Å²) in [5, 5.41) is 12.9. The minimum absolute atomic E-state index is 0.00234. The van der Waals surface area contributed by atoms with Gasteiger partial charge in [0, 0.05) is 19.8 Å². The number of benzene rings is 1. The molecular formula is C19H26FNO3. The van der Waals surface area contributed by atoms with Gasteiger partial charge in [-0.3, -0.25) is 4.79 Å². The lowest BCUT2D eigenvalue weighted by Crippen LogP contribution is -2.49. The minimum Gasteiger partial charge on any atom is -0.393 e. The highest BCUT2D eigenvalue weighted by atomic mass is 19.1. The van der Waals surface area contributed by atoms with Crippen LogP contribution in [0.3, 0.4) is 0 Å². The standard InChI is InChI=1S/C19H26FNO3/c20-16-6-4-15(5-7-16)19(8-10-24-11-9-19)18(23)21-13-14-2-1-3-17(22)12-14/h4-7,14,17,22H,1-3,8-13H2,(H,21,23). The van der Waals surface area contributed by atoms with Crippen molar-refractivity contribution in [3.05, 3.63) is 35.6 Å². The van der Waals surface area contributed by atoms with Crippen LogP contribution in [-0.2, 0) is 14.9 Å². The van der Waals surface area contributed by atoms with Gasteiger partial charge in [-0.15, -0.1) is 0 Å². The van der Waals surface area contributed by atoms with Gasteiger partial charge in [0.25, 0.3) is 0 Å². The maximum Gasteiger partial charge on any atom is 0.230 e. The fraction of sp³-hybridized carbons (Fsp3) is 0.632. The van der Waals surface area contributed by atoms with Crippen LogP contribution in [0.4, 0.5) is 4.39 Å². The zero-order chi connectivity index (χ0) is 17.0. The molecule has 1 saturated heterocycles. The van der Waals surface area contributed by atoms with Gasteiger partial charge in [0.1, 0.15) is 5.82 Å². The van der Waals surface area contributed by atoms with Crippen molar-refractivity contribution in [3.63, 3.8) is 0 Å². The van der Waals surface area contributed by atoms with E-state index in [1.54, 1.807) is 12.1 Å². The van der Waals surface area contributed by atoms with E-state index in [1.807, 2.05) is 0 Å². The second-order valence-corrected chi connectivity index (χ2v) is 7.10. The molecule has 0 aromatic heterocycles. The topological polar surface area (TPSA) is 58.6 Å². The average Bonchev–Trinajstić information content (AvgIpc) is 2.61. The SMILES string of the molecule is O=C(NCC1CCCC(O)C1)C1(c2ccc(F)cc2)CCOCC1. The molecule has 1 amide bonds. The lowest BCUT2D eigenvalue weighted by Gasteiger charge is -2.37. The Labute approximate surface area is 142 Å². The van der Waals surface area contributed by atoms with Crippen LogP contribution in [0.5, 0.6) is 0 Å². The minimum atomic E-state index is -0.640. The molecule has 1 aromatic carbocycles. The van der Waals surface area contributed by atoms with E-state index < -0.39 is 5.41 Å². The quantitative estimate of drug-likeness (QED) is 0.889. The smallest absolute Gasteiger partial charge is 0.230 e. The molecule has 1 saturated carbocycles. The van der Waals surface area contributed by atoms with Gasteiger partial charge < -0.3 is 15.2 Å². The zero-order valence-electron chi connectivity index (χ0n) is 14.0. The Balaban J connectivity index is 1.71. The molecule has 2 aliphatic rings. The number of aliphatic hydroxyl groups is 1. The number of hydrogen-bond acceptors (Lipinski definition) is 3. The second-order valence-electron chi connectivity index (χ2n) is 7.10. The summed E-state index contributed by atoms with van der Waals surface area (Å²) in [6, 6.07) is 6.25. The molecule has 2 fully saturated rings. The highest BCUT2D eigenvalue weighted by molar-refractivity contribution is 5.88. The normalized spacial score (nSPS) is 26.8. The van der Waals surface area contributed by atoms with Crippen molar-refractivity contribution >= 4 is 5.91 Å². The monoisotopic (exact) mass is 335 g/mol. The van der Waals surface area contributed by atoms with Crippen LogP contribution in [0.2, 0.25) is 0 Å². The summed E-state index contributed by atoms with van der Waals surface area (Å²) in [5.74, 6) is 0.0397. The van der Waals surface area contributed by atoms with E-state index in [0.29, 0.717) is 38.5 Å². The first kappa shape index (κ1) is 17.4. The highest BCUT2D eigenvalue weighted by Gasteiger charge is 2.41. The van der Waals surface area contributed by atoms with Crippen LogP contribution < -0.4 is 5.32 Å². The van der Waals surface area contributed by atoms with Crippen molar-refractivity contribution in [1.29, 1.82) is 0 Å². The van der Waals surface area contributed by atoms with Crippen LogP contribution >= 0.6 is 0 Å². The number of ether oxygens (including phenoxy) is 1. The second kappa shape index (κ2) is 7.62. The Bertz CT molecular complexity index is 554. The number of rotatable bonds is 4. The fourth-order valence-corrected chi connectivity index (χ4v) is 3.99. The van der Waals surface area contributed by atoms with Crippen LogP contribution in [0.25, 0.3) is 0 Å². The Morgan fingerprint density at radius 2 is 1.96 bits per heavy atom. The van der Waals surface area contributed by atoms with E-state index in [4.69, 9.17) is 4.74 Å². The number of carbonyl (C=O) groups is 1. The van der Waals surface area contributed by atoms with Crippen molar-refractivity contribution in [1.82, 2.24) is 5.32 Å². The summed E-state index contributed by atoms with van der Waals surface area (Å²) in [5.41, 5.74) is 0.215. The Kier molecular flexibility index (Phi) is 5.51. The predicted molar refractivity (Wildman–Crippen MR) is 89.1 cm³/mol. The summed E-state index contributed by atoms with van der Waals surface area (Å²) in [6.45, 7) is 1.67. The maximum atomic E-state index is 13.3. The number of halogens is 1. The zero-order valence-corrected chi connectivity index (χ0v) is 14.0. The molecule has 1 aromatic rings. The molecule has 3 rings (SSSR count). The van der Waals surface area contributed by atoms with Crippen molar-refractivity contribution in [2.75, 3.05) is 19.8 Å². The molecule has 1 aliphatic heterocycles. The average molecular weight is 335 g/mol. The summed E-state index contributed by atoms with van der Waals surface area (Å²) < 4.78 is 18.7. The Morgan fingerprint density at radius 3 is 2.62 bits per heavy atom. The molecule has 132 valence electrons. The van der Waals surface area contributed by atoms with E-state index in [0.717, 1.165) is 31.2 Å². The molecule has 2 N–H and O–H groups in total. The van der Waals surface area contributed by atoms with Gasteiger partial charge in [-0.2, -0.15) is 0 Å². The highest BCUT2D eigenvalue weighted by Crippen LogP contribution is 2.35. The van der Waals surface area contributed by atoms with E-state index in [-0.39, 0.29) is 17.8 Å². The van der Waals surface area contributed by atoms with E-state index in [2.05, 4.69) is 5.32 Å². The first-order chi connectivity index (χ1) is 11.6. The summed E-state index contributed by atoms with van der Waals surface area (Å²) >= 11 is 0. The predicted octanol–water partition coefficient (Wildman–Crippen LogP) is 2.54. The van der Waals surface area contributed by atoms with Gasteiger partial charge in [-0.05, 0) is 55.7 Å². The molecule has 1 heterocycles. The molecule has 5 heteroatoms. The van der Waals surface area contributed by atoms with Gasteiger partial charge in [0.05, 0.1) is 11.5 Å². The van der Waals surface area contributed by atoms with Crippen molar-refractivity contribution in [3.8, 4) is 0 Å². The number of amides is 1. The van der Waals surface area contributed by atoms with Crippen molar-refractivity contribution < 1.29 is 19.0 Å². The molecule has 4 nitrogen and oxygen atoms in total. The molecule has 0 radical (unpaired) electrons. The van der Waals surface area contributed by atoms with E-state index in [1.165, 1.54) is 12.1 Å². The Hall–Kier alpha value is -1.46. The summed E-state index contributed by atoms with van der Waals surface area (Å²) in [6.07, 6.45) is 4.65. The van der Waals surface area contributed by atoms with Crippen molar-refractivity contribution in [2.45, 2.75) is 50.0 Å². The van der Waals surface area contributed by atoms with E-state index >= 15 is 0 Å². The van der Waals surface area contributed by atoms with Gasteiger partial charge in [-0.25, -0.2) is 4.39 Å². The lowest BCUT2D eigenvalue weighted by molar-refractivity contribution is -0.130. The number of carbonyl (C=O) groups excluding carboxylic acids is 1. The van der Waals surface area contributed by atoms with E-state index in [9.17, 15) is 14.3 Å². The van der Waals surface area contributed by atoms with Gasteiger partial charge in [-0.1, -0.05) is 18.6 Å².